The van der Waals surface area contributed by atoms with Crippen molar-refractivity contribution in [2.24, 2.45) is 0 Å². The summed E-state index contributed by atoms with van der Waals surface area (Å²) in [5.74, 6) is 0.824. The average Bonchev–Trinajstić information content (AvgIpc) is 2.86. The van der Waals surface area contributed by atoms with E-state index in [1.54, 1.807) is 11.3 Å². The Kier molecular flexibility index (Phi) is 6.36. The number of thiazole rings is 1. The molecule has 2 aromatic rings. The number of hydrogen-bond acceptors (Lipinski definition) is 5. The van der Waals surface area contributed by atoms with Gasteiger partial charge in [0.15, 0.2) is 0 Å². The van der Waals surface area contributed by atoms with Crippen molar-refractivity contribution < 1.29 is 9.84 Å². The van der Waals surface area contributed by atoms with Gasteiger partial charge in [-0.2, -0.15) is 0 Å². The van der Waals surface area contributed by atoms with E-state index >= 15 is 0 Å². The van der Waals surface area contributed by atoms with E-state index in [1.165, 1.54) is 4.88 Å². The molecule has 0 radical (unpaired) electrons. The molecule has 0 bridgehead atoms. The SMILES string of the molecule is CCC(NCc1ccccc1OCCO)c1nc(C)c(C)s1. The molecule has 0 aliphatic carbocycles. The lowest BCUT2D eigenvalue weighted by Gasteiger charge is -2.16. The highest BCUT2D eigenvalue weighted by molar-refractivity contribution is 7.11. The lowest BCUT2D eigenvalue weighted by molar-refractivity contribution is 0.200. The summed E-state index contributed by atoms with van der Waals surface area (Å²) in [6, 6.07) is 8.18. The second-order valence-corrected chi connectivity index (χ2v) is 6.45. The van der Waals surface area contributed by atoms with Crippen molar-refractivity contribution in [3.8, 4) is 5.75 Å². The van der Waals surface area contributed by atoms with Crippen LogP contribution in [0.1, 0.15) is 40.5 Å². The van der Waals surface area contributed by atoms with E-state index in [0.29, 0.717) is 6.61 Å². The topological polar surface area (TPSA) is 54.4 Å². The summed E-state index contributed by atoms with van der Waals surface area (Å²) in [6.07, 6.45) is 0.992. The van der Waals surface area contributed by atoms with Crippen molar-refractivity contribution in [3.05, 3.63) is 45.4 Å². The lowest BCUT2D eigenvalue weighted by Crippen LogP contribution is -2.20. The maximum Gasteiger partial charge on any atom is 0.123 e. The molecule has 1 atom stereocenters. The van der Waals surface area contributed by atoms with E-state index in [-0.39, 0.29) is 12.6 Å². The lowest BCUT2D eigenvalue weighted by atomic mass is 10.1. The maximum atomic E-state index is 8.90. The van der Waals surface area contributed by atoms with Crippen molar-refractivity contribution in [2.75, 3.05) is 13.2 Å². The predicted octanol–water partition coefficient (Wildman–Crippen LogP) is 3.37. The average molecular weight is 320 g/mol. The van der Waals surface area contributed by atoms with E-state index in [2.05, 4.69) is 31.1 Å². The summed E-state index contributed by atoms with van der Waals surface area (Å²) in [5, 5.41) is 13.6. The Morgan fingerprint density at radius 3 is 2.73 bits per heavy atom. The quantitative estimate of drug-likeness (QED) is 0.783. The van der Waals surface area contributed by atoms with Gasteiger partial charge in [-0.3, -0.25) is 0 Å². The molecule has 1 aromatic heterocycles. The standard InChI is InChI=1S/C17H24N2O2S/c1-4-15(17-19-12(2)13(3)22-17)18-11-14-7-5-6-8-16(14)21-10-9-20/h5-8,15,18,20H,4,9-11H2,1-3H3. The molecule has 1 heterocycles. The third kappa shape index (κ3) is 4.29. The van der Waals surface area contributed by atoms with E-state index < -0.39 is 0 Å². The van der Waals surface area contributed by atoms with Gasteiger partial charge in [0.25, 0.3) is 0 Å². The van der Waals surface area contributed by atoms with Crippen LogP contribution in [0.2, 0.25) is 0 Å². The first kappa shape index (κ1) is 16.9. The Hall–Kier alpha value is -1.43. The number of benzene rings is 1. The first-order valence-electron chi connectivity index (χ1n) is 7.64. The molecular formula is C17H24N2O2S. The van der Waals surface area contributed by atoms with Crippen LogP contribution in [-0.2, 0) is 6.54 Å². The number of rotatable bonds is 8. The second-order valence-electron chi connectivity index (χ2n) is 5.22. The Labute approximate surface area is 136 Å². The number of aromatic nitrogens is 1. The van der Waals surface area contributed by atoms with Crippen LogP contribution in [-0.4, -0.2) is 23.3 Å². The molecule has 4 nitrogen and oxygen atoms in total. The number of aliphatic hydroxyl groups excluding tert-OH is 1. The van der Waals surface area contributed by atoms with Gasteiger partial charge in [0.2, 0.25) is 0 Å². The highest BCUT2D eigenvalue weighted by Gasteiger charge is 2.15. The first-order valence-corrected chi connectivity index (χ1v) is 8.46. The van der Waals surface area contributed by atoms with Gasteiger partial charge in [-0.05, 0) is 26.3 Å². The fourth-order valence-electron chi connectivity index (χ4n) is 2.23. The van der Waals surface area contributed by atoms with Crippen molar-refractivity contribution in [2.45, 2.75) is 39.8 Å². The Bertz CT molecular complexity index is 579. The molecule has 120 valence electrons. The Morgan fingerprint density at radius 2 is 2.09 bits per heavy atom. The van der Waals surface area contributed by atoms with Crippen LogP contribution in [0.3, 0.4) is 0 Å². The number of nitrogens with zero attached hydrogens (tertiary/aromatic N) is 1. The van der Waals surface area contributed by atoms with E-state index in [4.69, 9.17) is 9.84 Å². The Morgan fingerprint density at radius 1 is 1.32 bits per heavy atom. The van der Waals surface area contributed by atoms with Crippen molar-refractivity contribution in [1.29, 1.82) is 0 Å². The molecule has 0 saturated carbocycles. The molecular weight excluding hydrogens is 296 g/mol. The van der Waals surface area contributed by atoms with Crippen molar-refractivity contribution >= 4 is 11.3 Å². The molecule has 0 spiro atoms. The number of aliphatic hydroxyl groups is 1. The third-order valence-corrected chi connectivity index (χ3v) is 4.80. The highest BCUT2D eigenvalue weighted by Crippen LogP contribution is 2.26. The van der Waals surface area contributed by atoms with Crippen LogP contribution >= 0.6 is 11.3 Å². The third-order valence-electron chi connectivity index (χ3n) is 3.61. The van der Waals surface area contributed by atoms with E-state index in [9.17, 15) is 0 Å². The van der Waals surface area contributed by atoms with Gasteiger partial charge in [-0.15, -0.1) is 11.3 Å². The van der Waals surface area contributed by atoms with E-state index in [0.717, 1.165) is 35.0 Å². The van der Waals surface area contributed by atoms with Crippen LogP contribution in [0.5, 0.6) is 5.75 Å². The van der Waals surface area contributed by atoms with E-state index in [1.807, 2.05) is 24.3 Å². The van der Waals surface area contributed by atoms with Gasteiger partial charge in [0.05, 0.1) is 18.3 Å². The smallest absolute Gasteiger partial charge is 0.123 e. The van der Waals surface area contributed by atoms with Crippen molar-refractivity contribution in [3.63, 3.8) is 0 Å². The van der Waals surface area contributed by atoms with Crippen LogP contribution in [0, 0.1) is 13.8 Å². The molecule has 1 aromatic carbocycles. The molecule has 0 aliphatic rings. The number of hydrogen-bond donors (Lipinski definition) is 2. The largest absolute Gasteiger partial charge is 0.491 e. The second kappa shape index (κ2) is 8.27. The summed E-state index contributed by atoms with van der Waals surface area (Å²) in [5.41, 5.74) is 2.21. The molecule has 0 fully saturated rings. The molecule has 0 amide bonds. The summed E-state index contributed by atoms with van der Waals surface area (Å²) >= 11 is 1.76. The van der Waals surface area contributed by atoms with Crippen LogP contribution < -0.4 is 10.1 Å². The fourth-order valence-corrected chi connectivity index (χ4v) is 3.31. The zero-order chi connectivity index (χ0) is 15.9. The molecule has 0 saturated heterocycles. The maximum absolute atomic E-state index is 8.90. The van der Waals surface area contributed by atoms with Gasteiger partial charge in [-0.1, -0.05) is 25.1 Å². The van der Waals surface area contributed by atoms with Gasteiger partial charge in [-0.25, -0.2) is 4.98 Å². The molecule has 5 heteroatoms. The van der Waals surface area contributed by atoms with Gasteiger partial charge >= 0.3 is 0 Å². The first-order chi connectivity index (χ1) is 10.7. The van der Waals surface area contributed by atoms with Gasteiger partial charge < -0.3 is 15.2 Å². The number of para-hydroxylation sites is 1. The summed E-state index contributed by atoms with van der Waals surface area (Å²) in [7, 11) is 0. The van der Waals surface area contributed by atoms with Crippen LogP contribution in [0.4, 0.5) is 0 Å². The number of ether oxygens (including phenoxy) is 1. The number of aryl methyl sites for hydroxylation is 2. The minimum Gasteiger partial charge on any atom is -0.491 e. The zero-order valence-corrected chi connectivity index (χ0v) is 14.2. The molecule has 2 rings (SSSR count). The summed E-state index contributed by atoms with van der Waals surface area (Å²) in [6.45, 7) is 7.40. The molecule has 0 aliphatic heterocycles. The minimum atomic E-state index is 0.0248. The highest BCUT2D eigenvalue weighted by atomic mass is 32.1. The Balaban J connectivity index is 2.04. The van der Waals surface area contributed by atoms with Gasteiger partial charge in [0, 0.05) is 17.0 Å². The van der Waals surface area contributed by atoms with Crippen LogP contribution in [0.15, 0.2) is 24.3 Å². The monoisotopic (exact) mass is 320 g/mol. The normalized spacial score (nSPS) is 12.4. The molecule has 2 N–H and O–H groups in total. The fraction of sp³-hybridized carbons (Fsp3) is 0.471. The predicted molar refractivity (Wildman–Crippen MR) is 90.5 cm³/mol. The zero-order valence-electron chi connectivity index (χ0n) is 13.4. The number of nitrogens with one attached hydrogen (secondary N) is 1. The summed E-state index contributed by atoms with van der Waals surface area (Å²) < 4.78 is 5.58. The summed E-state index contributed by atoms with van der Waals surface area (Å²) in [4.78, 5) is 5.94. The minimum absolute atomic E-state index is 0.0248. The molecule has 22 heavy (non-hydrogen) atoms. The van der Waals surface area contributed by atoms with Gasteiger partial charge in [0.1, 0.15) is 17.4 Å². The van der Waals surface area contributed by atoms with Crippen LogP contribution in [0.25, 0.3) is 0 Å². The molecule has 1 unspecified atom stereocenters. The van der Waals surface area contributed by atoms with Crippen molar-refractivity contribution in [1.82, 2.24) is 10.3 Å².